The number of anilines is 1. The van der Waals surface area contributed by atoms with Crippen molar-refractivity contribution in [2.24, 2.45) is 0 Å². The number of carbonyl (C=O) groups is 1. The molecule has 0 aliphatic heterocycles. The molecule has 1 amide bonds. The quantitative estimate of drug-likeness (QED) is 0.782. The first-order valence-electron chi connectivity index (χ1n) is 7.80. The molecule has 0 radical (unpaired) electrons. The first-order chi connectivity index (χ1) is 11.5. The lowest BCUT2D eigenvalue weighted by atomic mass is 9.98. The number of nitrogens with zero attached hydrogens (tertiary/aromatic N) is 2. The smallest absolute Gasteiger partial charge is 0.256 e. The Labute approximate surface area is 141 Å². The number of aromatic nitrogens is 2. The number of pyridine rings is 2. The predicted molar refractivity (Wildman–Crippen MR) is 96.1 cm³/mol. The molecule has 0 fully saturated rings. The lowest BCUT2D eigenvalue weighted by Gasteiger charge is -2.10. The third-order valence-electron chi connectivity index (χ3n) is 3.82. The minimum Gasteiger partial charge on any atom is -0.307 e. The Morgan fingerprint density at radius 2 is 1.88 bits per heavy atom. The van der Waals surface area contributed by atoms with E-state index in [4.69, 9.17) is 0 Å². The Balaban J connectivity index is 1.94. The van der Waals surface area contributed by atoms with Gasteiger partial charge in [-0.1, -0.05) is 12.1 Å². The molecular formula is C20H19N3O. The molecule has 1 aromatic carbocycles. The second kappa shape index (κ2) is 6.62. The van der Waals surface area contributed by atoms with Crippen molar-refractivity contribution < 1.29 is 4.79 Å². The fourth-order valence-corrected chi connectivity index (χ4v) is 2.64. The van der Waals surface area contributed by atoms with Gasteiger partial charge in [0.05, 0.1) is 0 Å². The number of hydrogen-bond donors (Lipinski definition) is 1. The number of amides is 1. The molecule has 1 N–H and O–H groups in total. The Morgan fingerprint density at radius 1 is 1.04 bits per heavy atom. The number of hydrogen-bond acceptors (Lipinski definition) is 3. The van der Waals surface area contributed by atoms with Crippen molar-refractivity contribution in [2.75, 3.05) is 5.32 Å². The zero-order valence-electron chi connectivity index (χ0n) is 14.0. The molecule has 0 bridgehead atoms. The van der Waals surface area contributed by atoms with Crippen LogP contribution in [-0.4, -0.2) is 15.9 Å². The Hall–Kier alpha value is -3.01. The lowest BCUT2D eigenvalue weighted by Crippen LogP contribution is -2.13. The van der Waals surface area contributed by atoms with Crippen LogP contribution in [0.5, 0.6) is 0 Å². The van der Waals surface area contributed by atoms with Crippen LogP contribution in [0.1, 0.15) is 27.2 Å². The third kappa shape index (κ3) is 3.49. The Bertz CT molecular complexity index is 903. The maximum absolute atomic E-state index is 12.6. The van der Waals surface area contributed by atoms with Gasteiger partial charge in [-0.25, -0.2) is 4.98 Å². The summed E-state index contributed by atoms with van der Waals surface area (Å²) in [5.74, 6) is 0.389. The fraction of sp³-hybridized carbons (Fsp3) is 0.150. The number of aryl methyl sites for hydroxylation is 3. The monoisotopic (exact) mass is 317 g/mol. The molecule has 2 heterocycles. The highest BCUT2D eigenvalue weighted by Gasteiger charge is 2.11. The normalized spacial score (nSPS) is 10.5. The number of nitrogens with one attached hydrogen (secondary N) is 1. The van der Waals surface area contributed by atoms with Crippen LogP contribution in [0.4, 0.5) is 5.82 Å². The fourth-order valence-electron chi connectivity index (χ4n) is 2.64. The molecule has 2 aromatic heterocycles. The second-order valence-corrected chi connectivity index (χ2v) is 5.90. The van der Waals surface area contributed by atoms with Gasteiger partial charge in [0.25, 0.3) is 5.91 Å². The van der Waals surface area contributed by atoms with Crippen LogP contribution in [0, 0.1) is 20.8 Å². The highest BCUT2D eigenvalue weighted by molar-refractivity contribution is 6.04. The average Bonchev–Trinajstić information content (AvgIpc) is 2.54. The van der Waals surface area contributed by atoms with E-state index in [0.717, 1.165) is 27.9 Å². The van der Waals surface area contributed by atoms with Crippen molar-refractivity contribution in [2.45, 2.75) is 20.8 Å². The summed E-state index contributed by atoms with van der Waals surface area (Å²) >= 11 is 0. The summed E-state index contributed by atoms with van der Waals surface area (Å²) in [7, 11) is 0. The van der Waals surface area contributed by atoms with Gasteiger partial charge >= 0.3 is 0 Å². The van der Waals surface area contributed by atoms with Crippen LogP contribution in [0.3, 0.4) is 0 Å². The zero-order valence-corrected chi connectivity index (χ0v) is 14.0. The molecule has 0 saturated heterocycles. The Morgan fingerprint density at radius 3 is 2.62 bits per heavy atom. The molecule has 4 heteroatoms. The van der Waals surface area contributed by atoms with E-state index in [1.54, 1.807) is 12.3 Å². The number of rotatable bonds is 3. The summed E-state index contributed by atoms with van der Waals surface area (Å²) in [6.45, 7) is 5.91. The van der Waals surface area contributed by atoms with Crippen LogP contribution < -0.4 is 5.32 Å². The molecule has 0 atom stereocenters. The SMILES string of the molecule is Cc1cc(C(=O)Nc2cccc(C)n2)cc(-c2cnccc2C)c1. The van der Waals surface area contributed by atoms with Gasteiger partial charge in [-0.15, -0.1) is 0 Å². The van der Waals surface area contributed by atoms with E-state index in [9.17, 15) is 4.79 Å². The Kier molecular flexibility index (Phi) is 4.38. The van der Waals surface area contributed by atoms with E-state index in [1.165, 1.54) is 0 Å². The maximum atomic E-state index is 12.6. The molecule has 24 heavy (non-hydrogen) atoms. The number of carbonyl (C=O) groups excluding carboxylic acids is 1. The topological polar surface area (TPSA) is 54.9 Å². The van der Waals surface area contributed by atoms with Crippen LogP contribution in [0.2, 0.25) is 0 Å². The van der Waals surface area contributed by atoms with Gasteiger partial charge in [0.2, 0.25) is 0 Å². The molecule has 120 valence electrons. The van der Waals surface area contributed by atoms with Crippen molar-refractivity contribution in [3.8, 4) is 11.1 Å². The van der Waals surface area contributed by atoms with Crippen LogP contribution >= 0.6 is 0 Å². The second-order valence-electron chi connectivity index (χ2n) is 5.90. The predicted octanol–water partition coefficient (Wildman–Crippen LogP) is 4.32. The summed E-state index contributed by atoms with van der Waals surface area (Å²) < 4.78 is 0. The first-order valence-corrected chi connectivity index (χ1v) is 7.80. The van der Waals surface area contributed by atoms with Crippen molar-refractivity contribution >= 4 is 11.7 Å². The van der Waals surface area contributed by atoms with Crippen molar-refractivity contribution in [3.05, 3.63) is 77.2 Å². The first kappa shape index (κ1) is 15.9. The van der Waals surface area contributed by atoms with Crippen molar-refractivity contribution in [1.29, 1.82) is 0 Å². The lowest BCUT2D eigenvalue weighted by molar-refractivity contribution is 0.102. The van der Waals surface area contributed by atoms with Gasteiger partial charge in [0.15, 0.2) is 0 Å². The standard InChI is InChI=1S/C20H19N3O/c1-13-9-16(18-12-21-8-7-14(18)2)11-17(10-13)20(24)23-19-6-4-5-15(3)22-19/h4-12H,1-3H3,(H,22,23,24). The van der Waals surface area contributed by atoms with Gasteiger partial charge in [-0.05, 0) is 67.8 Å². The largest absolute Gasteiger partial charge is 0.307 e. The van der Waals surface area contributed by atoms with E-state index < -0.39 is 0 Å². The van der Waals surface area contributed by atoms with E-state index in [0.29, 0.717) is 11.4 Å². The molecule has 0 aliphatic carbocycles. The number of benzene rings is 1. The highest BCUT2D eigenvalue weighted by atomic mass is 16.1. The molecule has 3 aromatic rings. The van der Waals surface area contributed by atoms with Gasteiger partial charge in [-0.2, -0.15) is 0 Å². The van der Waals surface area contributed by atoms with E-state index in [2.05, 4.69) is 21.4 Å². The third-order valence-corrected chi connectivity index (χ3v) is 3.82. The van der Waals surface area contributed by atoms with E-state index in [1.807, 2.05) is 57.3 Å². The zero-order chi connectivity index (χ0) is 17.1. The van der Waals surface area contributed by atoms with Crippen molar-refractivity contribution in [3.63, 3.8) is 0 Å². The molecule has 0 unspecified atom stereocenters. The van der Waals surface area contributed by atoms with E-state index >= 15 is 0 Å². The molecule has 0 saturated carbocycles. The molecule has 4 nitrogen and oxygen atoms in total. The van der Waals surface area contributed by atoms with Gasteiger partial charge in [-0.3, -0.25) is 9.78 Å². The molecule has 0 aliphatic rings. The maximum Gasteiger partial charge on any atom is 0.256 e. The average molecular weight is 317 g/mol. The minimum absolute atomic E-state index is 0.167. The van der Waals surface area contributed by atoms with E-state index in [-0.39, 0.29) is 5.91 Å². The minimum atomic E-state index is -0.167. The highest BCUT2D eigenvalue weighted by Crippen LogP contribution is 2.25. The van der Waals surface area contributed by atoms with Gasteiger partial charge < -0.3 is 5.32 Å². The summed E-state index contributed by atoms with van der Waals surface area (Å²) in [4.78, 5) is 21.1. The van der Waals surface area contributed by atoms with Crippen molar-refractivity contribution in [1.82, 2.24) is 9.97 Å². The van der Waals surface area contributed by atoms with Crippen LogP contribution in [0.25, 0.3) is 11.1 Å². The molecule has 0 spiro atoms. The summed E-state index contributed by atoms with van der Waals surface area (Å²) in [5, 5.41) is 2.85. The summed E-state index contributed by atoms with van der Waals surface area (Å²) in [6.07, 6.45) is 3.60. The summed E-state index contributed by atoms with van der Waals surface area (Å²) in [5.41, 5.74) is 5.65. The summed E-state index contributed by atoms with van der Waals surface area (Å²) in [6, 6.07) is 13.3. The molecular weight excluding hydrogens is 298 g/mol. The van der Waals surface area contributed by atoms with Crippen LogP contribution in [-0.2, 0) is 0 Å². The van der Waals surface area contributed by atoms with Gasteiger partial charge in [0.1, 0.15) is 5.82 Å². The van der Waals surface area contributed by atoms with Gasteiger partial charge in [0, 0.05) is 29.2 Å². The molecule has 3 rings (SSSR count). The van der Waals surface area contributed by atoms with Crippen LogP contribution in [0.15, 0.2) is 54.9 Å².